The van der Waals surface area contributed by atoms with Gasteiger partial charge in [-0.25, -0.2) is 9.97 Å². The Bertz CT molecular complexity index is 1410. The first kappa shape index (κ1) is 31.4. The monoisotopic (exact) mass is 533 g/mol. The van der Waals surface area contributed by atoms with Gasteiger partial charge in [-0.2, -0.15) is 4.98 Å². The number of carbonyl (C=O) groups excluding carboxylic acids is 1. The Hall–Kier alpha value is -3.81. The van der Waals surface area contributed by atoms with E-state index in [1.807, 2.05) is 90.4 Å². The molecule has 5 rings (SSSR count). The number of aryl methyl sites for hydroxylation is 2. The molecule has 0 amide bonds. The van der Waals surface area contributed by atoms with E-state index in [2.05, 4.69) is 4.98 Å². The molecule has 1 aliphatic carbocycles. The number of aromatic nitrogens is 5. The zero-order chi connectivity index (χ0) is 29.1. The summed E-state index contributed by atoms with van der Waals surface area (Å²) in [6.07, 6.45) is 5.75. The zero-order valence-electron chi connectivity index (χ0n) is 24.9. The highest BCUT2D eigenvalue weighted by atomic mass is 16.5. The molecule has 1 saturated carbocycles. The average Bonchev–Trinajstić information content (AvgIpc) is 3.42. The van der Waals surface area contributed by atoms with Crippen LogP contribution >= 0.6 is 0 Å². The summed E-state index contributed by atoms with van der Waals surface area (Å²) in [7, 11) is 1.56. The van der Waals surface area contributed by atoms with Gasteiger partial charge in [-0.1, -0.05) is 41.5 Å². The molecule has 4 aromatic rings. The largest absolute Gasteiger partial charge is 0.481 e. The molecule has 8 heteroatoms. The molecule has 0 unspecified atom stereocenters. The van der Waals surface area contributed by atoms with Crippen molar-refractivity contribution in [2.75, 3.05) is 7.11 Å². The van der Waals surface area contributed by atoms with Gasteiger partial charge in [-0.05, 0) is 51.0 Å². The standard InChI is InChI=1S/C25H25N5O3.3C2H6/c1-15-5-4-12-29(15)25-27-16(2)20-13-21(17-6-11-22(33-3)26-14-17)24(32)30(23(20)28-25)18-7-9-19(31)10-8-18;3*1-2/h4-6,11-14,18H,7-10H2,1-3H3;3*1-2H3. The van der Waals surface area contributed by atoms with Crippen molar-refractivity contribution in [1.82, 2.24) is 24.1 Å². The van der Waals surface area contributed by atoms with E-state index in [-0.39, 0.29) is 17.4 Å². The number of hydrogen-bond donors (Lipinski definition) is 0. The maximum absolute atomic E-state index is 13.8. The molecular formula is C31H43N5O3. The first-order valence-electron chi connectivity index (χ1n) is 14.1. The van der Waals surface area contributed by atoms with Crippen molar-refractivity contribution in [3.05, 3.63) is 64.5 Å². The number of fused-ring (bicyclic) bond motifs is 1. The van der Waals surface area contributed by atoms with Gasteiger partial charge in [-0.3, -0.25) is 18.7 Å². The molecular weight excluding hydrogens is 490 g/mol. The quantitative estimate of drug-likeness (QED) is 0.280. The van der Waals surface area contributed by atoms with E-state index in [0.717, 1.165) is 16.8 Å². The predicted molar refractivity (Wildman–Crippen MR) is 159 cm³/mol. The van der Waals surface area contributed by atoms with Crippen LogP contribution in [0.5, 0.6) is 5.88 Å². The van der Waals surface area contributed by atoms with Crippen LogP contribution < -0.4 is 10.3 Å². The van der Waals surface area contributed by atoms with E-state index in [1.165, 1.54) is 0 Å². The van der Waals surface area contributed by atoms with E-state index < -0.39 is 0 Å². The van der Waals surface area contributed by atoms with Crippen molar-refractivity contribution in [3.63, 3.8) is 0 Å². The van der Waals surface area contributed by atoms with Crippen LogP contribution in [0.25, 0.3) is 28.1 Å². The summed E-state index contributed by atoms with van der Waals surface area (Å²) in [6.45, 7) is 15.9. The fraction of sp³-hybridized carbons (Fsp3) is 0.452. The smallest absolute Gasteiger partial charge is 0.260 e. The molecule has 39 heavy (non-hydrogen) atoms. The van der Waals surface area contributed by atoms with Gasteiger partial charge in [0.05, 0.1) is 12.8 Å². The van der Waals surface area contributed by atoms with Crippen LogP contribution in [-0.2, 0) is 4.79 Å². The van der Waals surface area contributed by atoms with Gasteiger partial charge in [0.2, 0.25) is 11.8 Å². The summed E-state index contributed by atoms with van der Waals surface area (Å²) in [6, 6.07) is 9.26. The van der Waals surface area contributed by atoms with Crippen molar-refractivity contribution in [3.8, 4) is 23.0 Å². The highest BCUT2D eigenvalue weighted by Crippen LogP contribution is 2.31. The number of nitrogens with zero attached hydrogens (tertiary/aromatic N) is 5. The van der Waals surface area contributed by atoms with E-state index in [9.17, 15) is 9.59 Å². The highest BCUT2D eigenvalue weighted by Gasteiger charge is 2.26. The normalized spacial score (nSPS) is 12.9. The second-order valence-corrected chi connectivity index (χ2v) is 8.46. The Kier molecular flexibility index (Phi) is 12.0. The molecule has 0 aliphatic heterocycles. The molecule has 1 fully saturated rings. The molecule has 0 spiro atoms. The summed E-state index contributed by atoms with van der Waals surface area (Å²) >= 11 is 0. The minimum absolute atomic E-state index is 0.100. The van der Waals surface area contributed by atoms with E-state index >= 15 is 0 Å². The topological polar surface area (TPSA) is 91.9 Å². The lowest BCUT2D eigenvalue weighted by molar-refractivity contribution is -0.120. The summed E-state index contributed by atoms with van der Waals surface area (Å²) in [5.41, 5.74) is 3.49. The van der Waals surface area contributed by atoms with Crippen molar-refractivity contribution in [1.29, 1.82) is 0 Å². The van der Waals surface area contributed by atoms with Crippen molar-refractivity contribution in [2.45, 2.75) is 87.1 Å². The van der Waals surface area contributed by atoms with Crippen LogP contribution in [0, 0.1) is 13.8 Å². The number of rotatable bonds is 4. The maximum Gasteiger partial charge on any atom is 0.260 e. The highest BCUT2D eigenvalue weighted by molar-refractivity contribution is 5.84. The summed E-state index contributed by atoms with van der Waals surface area (Å²) in [5, 5.41) is 0.811. The lowest BCUT2D eigenvalue weighted by atomic mass is 9.93. The minimum atomic E-state index is -0.137. The maximum atomic E-state index is 13.8. The summed E-state index contributed by atoms with van der Waals surface area (Å²) < 4.78 is 8.85. The third-order valence-electron chi connectivity index (χ3n) is 6.37. The molecule has 0 saturated heterocycles. The van der Waals surface area contributed by atoms with Gasteiger partial charge in [0.25, 0.3) is 5.56 Å². The SMILES string of the molecule is CC.CC.CC.COc1ccc(-c2cc3c(C)nc(-n4cccc4C)nc3n(C3CCC(=O)CC3)c2=O)cn1. The number of ether oxygens (including phenoxy) is 1. The van der Waals surface area contributed by atoms with E-state index in [1.54, 1.807) is 23.9 Å². The molecule has 8 nitrogen and oxygen atoms in total. The number of Topliss-reactive ketones (excluding diaryl/α,β-unsaturated/α-hetero) is 1. The van der Waals surface area contributed by atoms with Gasteiger partial charge in [0, 0.05) is 59.6 Å². The predicted octanol–water partition coefficient (Wildman–Crippen LogP) is 7.03. The van der Waals surface area contributed by atoms with Gasteiger partial charge >= 0.3 is 0 Å². The Balaban J connectivity index is 0.000000833. The molecule has 0 radical (unpaired) electrons. The number of methoxy groups -OCH3 is 1. The van der Waals surface area contributed by atoms with Crippen LogP contribution in [0.4, 0.5) is 0 Å². The summed E-state index contributed by atoms with van der Waals surface area (Å²) in [5.74, 6) is 1.26. The average molecular weight is 534 g/mol. The summed E-state index contributed by atoms with van der Waals surface area (Å²) in [4.78, 5) is 39.6. The third kappa shape index (κ3) is 6.80. The number of hydrogen-bond acceptors (Lipinski definition) is 6. The minimum Gasteiger partial charge on any atom is -0.481 e. The van der Waals surface area contributed by atoms with Crippen LogP contribution in [0.3, 0.4) is 0 Å². The first-order valence-corrected chi connectivity index (χ1v) is 14.1. The second kappa shape index (κ2) is 15.0. The molecule has 210 valence electrons. The molecule has 1 aliphatic rings. The van der Waals surface area contributed by atoms with Crippen LogP contribution in [0.1, 0.15) is 84.7 Å². The molecule has 0 aromatic carbocycles. The molecule has 0 atom stereocenters. The van der Waals surface area contributed by atoms with Crippen molar-refractivity contribution < 1.29 is 9.53 Å². The molecule has 4 heterocycles. The zero-order valence-corrected chi connectivity index (χ0v) is 24.9. The fourth-order valence-electron chi connectivity index (χ4n) is 4.52. The van der Waals surface area contributed by atoms with Gasteiger partial charge < -0.3 is 4.74 Å². The number of ketones is 1. The lowest BCUT2D eigenvalue weighted by Crippen LogP contribution is -2.30. The van der Waals surface area contributed by atoms with Crippen LogP contribution in [0.15, 0.2) is 47.5 Å². The second-order valence-electron chi connectivity index (χ2n) is 8.46. The van der Waals surface area contributed by atoms with E-state index in [0.29, 0.717) is 54.3 Å². The Morgan fingerprint density at radius 2 is 1.59 bits per heavy atom. The van der Waals surface area contributed by atoms with E-state index in [4.69, 9.17) is 14.7 Å². The fourth-order valence-corrected chi connectivity index (χ4v) is 4.52. The van der Waals surface area contributed by atoms with Gasteiger partial charge in [-0.15, -0.1) is 0 Å². The van der Waals surface area contributed by atoms with Gasteiger partial charge in [0.15, 0.2) is 0 Å². The Morgan fingerprint density at radius 1 is 0.923 bits per heavy atom. The van der Waals surface area contributed by atoms with Crippen LogP contribution in [-0.4, -0.2) is 37.0 Å². The van der Waals surface area contributed by atoms with Crippen LogP contribution in [0.2, 0.25) is 0 Å². The first-order chi connectivity index (χ1) is 19.0. The molecule has 0 N–H and O–H groups in total. The van der Waals surface area contributed by atoms with Crippen molar-refractivity contribution >= 4 is 16.8 Å². The molecule has 4 aromatic heterocycles. The third-order valence-corrected chi connectivity index (χ3v) is 6.37. The Morgan fingerprint density at radius 3 is 2.13 bits per heavy atom. The lowest BCUT2D eigenvalue weighted by Gasteiger charge is -2.25. The molecule has 0 bridgehead atoms. The van der Waals surface area contributed by atoms with Crippen molar-refractivity contribution in [2.24, 2.45) is 0 Å². The number of carbonyl (C=O) groups is 1. The Labute approximate surface area is 232 Å². The van der Waals surface area contributed by atoms with Gasteiger partial charge in [0.1, 0.15) is 11.4 Å². The number of pyridine rings is 2.